The van der Waals surface area contributed by atoms with Crippen LogP contribution in [0, 0.1) is 0 Å². The van der Waals surface area contributed by atoms with E-state index in [0.717, 1.165) is 13.1 Å². The van der Waals surface area contributed by atoms with E-state index in [9.17, 15) is 0 Å². The molecule has 2 aromatic carbocycles. The first-order chi connectivity index (χ1) is 17.3. The number of hydrogen-bond acceptors (Lipinski definition) is 3. The molecule has 35 heavy (non-hydrogen) atoms. The number of para-hydroxylation sites is 2. The maximum absolute atomic E-state index is 2.35. The second-order valence-electron chi connectivity index (χ2n) is 7.75. The molecule has 0 bridgehead atoms. The summed E-state index contributed by atoms with van der Waals surface area (Å²) < 4.78 is 3.68. The van der Waals surface area contributed by atoms with Crippen molar-refractivity contribution in [1.82, 2.24) is 0 Å². The summed E-state index contributed by atoms with van der Waals surface area (Å²) in [6.45, 7) is 6.33. The van der Waals surface area contributed by atoms with Crippen molar-refractivity contribution < 1.29 is 4.57 Å². The van der Waals surface area contributed by atoms with Crippen LogP contribution in [0.1, 0.15) is 18.9 Å². The standard InChI is InChI=1S/C31H31N2S2/c1-3-32-26-20-16-18-22-28(26)34-30(32)24-14-12-10-8-6-5-7-9-11-13-15-25-31-33(4-2)27-21-17-19-23-29(27)35-31/h5-25H,3-4H2,1-2H3/q+1. The topological polar surface area (TPSA) is 7.12 Å². The molecule has 4 heteroatoms. The molecule has 0 amide bonds. The lowest BCUT2D eigenvalue weighted by molar-refractivity contribution is -0.665. The number of rotatable bonds is 9. The largest absolute Gasteiger partial charge is 0.335 e. The quantitative estimate of drug-likeness (QED) is 0.217. The second-order valence-corrected chi connectivity index (χ2v) is 9.88. The lowest BCUT2D eigenvalue weighted by Crippen LogP contribution is -2.33. The number of thioether (sulfide) groups is 1. The van der Waals surface area contributed by atoms with E-state index in [4.69, 9.17) is 0 Å². The molecule has 0 radical (unpaired) electrons. The van der Waals surface area contributed by atoms with E-state index < -0.39 is 0 Å². The number of aryl methyl sites for hydroxylation is 1. The highest BCUT2D eigenvalue weighted by Gasteiger charge is 2.22. The molecule has 0 aliphatic carbocycles. The minimum atomic E-state index is 0.975. The number of anilines is 1. The summed E-state index contributed by atoms with van der Waals surface area (Å²) in [6, 6.07) is 17.1. The van der Waals surface area contributed by atoms with Crippen LogP contribution in [0.5, 0.6) is 0 Å². The first-order valence-electron chi connectivity index (χ1n) is 12.0. The van der Waals surface area contributed by atoms with Gasteiger partial charge in [0.1, 0.15) is 11.2 Å². The molecule has 0 fully saturated rings. The van der Waals surface area contributed by atoms with Crippen molar-refractivity contribution in [2.75, 3.05) is 11.4 Å². The lowest BCUT2D eigenvalue weighted by atomic mass is 10.3. The third kappa shape index (κ3) is 6.41. The van der Waals surface area contributed by atoms with Gasteiger partial charge in [0.05, 0.1) is 10.7 Å². The van der Waals surface area contributed by atoms with Crippen LogP contribution in [0.4, 0.5) is 5.69 Å². The van der Waals surface area contributed by atoms with Gasteiger partial charge in [0.2, 0.25) is 5.52 Å². The van der Waals surface area contributed by atoms with Gasteiger partial charge in [-0.1, -0.05) is 114 Å². The zero-order valence-electron chi connectivity index (χ0n) is 20.2. The van der Waals surface area contributed by atoms with Crippen molar-refractivity contribution in [3.8, 4) is 0 Å². The molecule has 0 saturated heterocycles. The predicted molar refractivity (Wildman–Crippen MR) is 156 cm³/mol. The fourth-order valence-electron chi connectivity index (χ4n) is 3.86. The molecule has 176 valence electrons. The Morgan fingerprint density at radius 3 is 2.09 bits per heavy atom. The molecular weight excluding hydrogens is 464 g/mol. The van der Waals surface area contributed by atoms with Crippen molar-refractivity contribution in [3.05, 3.63) is 131 Å². The summed E-state index contributed by atoms with van der Waals surface area (Å²) in [5, 5.41) is 2.55. The first kappa shape index (κ1) is 24.8. The summed E-state index contributed by atoms with van der Waals surface area (Å²) in [5.74, 6) is 0. The Bertz CT molecular complexity index is 1350. The molecule has 0 unspecified atom stereocenters. The molecule has 2 heterocycles. The van der Waals surface area contributed by atoms with Gasteiger partial charge in [0, 0.05) is 23.6 Å². The smallest absolute Gasteiger partial charge is 0.262 e. The lowest BCUT2D eigenvalue weighted by Gasteiger charge is -2.17. The van der Waals surface area contributed by atoms with Crippen LogP contribution in [0.2, 0.25) is 0 Å². The summed E-state index contributed by atoms with van der Waals surface area (Å²) in [4.78, 5) is 3.68. The first-order valence-corrected chi connectivity index (χ1v) is 13.6. The Morgan fingerprint density at radius 1 is 0.743 bits per heavy atom. The summed E-state index contributed by atoms with van der Waals surface area (Å²) >= 11 is 3.66. The average molecular weight is 496 g/mol. The monoisotopic (exact) mass is 495 g/mol. The molecule has 0 saturated carbocycles. The van der Waals surface area contributed by atoms with Crippen LogP contribution in [-0.2, 0) is 6.54 Å². The zero-order valence-corrected chi connectivity index (χ0v) is 21.9. The number of aromatic nitrogens is 1. The SMILES string of the molecule is CCN1/C(=C/C=C/C=C/C=C/C=C/C=C/C=C/c2sc3ccccc3[n+]2CC)Sc2ccccc21. The van der Waals surface area contributed by atoms with E-state index in [0.29, 0.717) is 0 Å². The molecule has 0 N–H and O–H groups in total. The van der Waals surface area contributed by atoms with Crippen molar-refractivity contribution in [2.24, 2.45) is 0 Å². The molecule has 3 aromatic rings. The minimum absolute atomic E-state index is 0.975. The number of allylic oxidation sites excluding steroid dienone is 12. The van der Waals surface area contributed by atoms with Crippen LogP contribution < -0.4 is 9.47 Å². The average Bonchev–Trinajstić information content (AvgIpc) is 3.43. The molecule has 1 aromatic heterocycles. The van der Waals surface area contributed by atoms with Gasteiger partial charge in [-0.2, -0.15) is 4.57 Å². The number of fused-ring (bicyclic) bond motifs is 2. The van der Waals surface area contributed by atoms with Crippen molar-refractivity contribution in [2.45, 2.75) is 25.3 Å². The third-order valence-corrected chi connectivity index (χ3v) is 7.76. The zero-order chi connectivity index (χ0) is 24.3. The Balaban J connectivity index is 1.23. The second kappa shape index (κ2) is 12.9. The van der Waals surface area contributed by atoms with Gasteiger partial charge < -0.3 is 4.90 Å². The molecule has 0 spiro atoms. The van der Waals surface area contributed by atoms with Crippen molar-refractivity contribution in [1.29, 1.82) is 0 Å². The molecule has 4 rings (SSSR count). The fraction of sp³-hybridized carbons (Fsp3) is 0.129. The number of thiazole rings is 1. The van der Waals surface area contributed by atoms with Gasteiger partial charge in [-0.3, -0.25) is 0 Å². The van der Waals surface area contributed by atoms with Crippen molar-refractivity contribution >= 4 is 45.1 Å². The number of hydrogen-bond donors (Lipinski definition) is 0. The minimum Gasteiger partial charge on any atom is -0.335 e. The van der Waals surface area contributed by atoms with E-state index in [1.54, 1.807) is 0 Å². The van der Waals surface area contributed by atoms with Crippen LogP contribution in [-0.4, -0.2) is 6.54 Å². The van der Waals surface area contributed by atoms with E-state index >= 15 is 0 Å². The van der Waals surface area contributed by atoms with Gasteiger partial charge in [-0.05, 0) is 38.1 Å². The number of benzene rings is 2. The third-order valence-electron chi connectivity index (χ3n) is 5.49. The Kier molecular flexibility index (Phi) is 9.16. The van der Waals surface area contributed by atoms with Crippen molar-refractivity contribution in [3.63, 3.8) is 0 Å². The highest BCUT2D eigenvalue weighted by Crippen LogP contribution is 2.45. The van der Waals surface area contributed by atoms with Crippen LogP contribution >= 0.6 is 23.1 Å². The van der Waals surface area contributed by atoms with Gasteiger partial charge in [-0.15, -0.1) is 0 Å². The number of nitrogens with zero attached hydrogens (tertiary/aromatic N) is 2. The van der Waals surface area contributed by atoms with Gasteiger partial charge in [0.25, 0.3) is 5.01 Å². The highest BCUT2D eigenvalue weighted by atomic mass is 32.2. The maximum Gasteiger partial charge on any atom is 0.262 e. The maximum atomic E-state index is 2.35. The van der Waals surface area contributed by atoms with Crippen LogP contribution in [0.3, 0.4) is 0 Å². The van der Waals surface area contributed by atoms with Gasteiger partial charge >= 0.3 is 0 Å². The Morgan fingerprint density at radius 2 is 1.37 bits per heavy atom. The Labute approximate surface area is 217 Å². The summed E-state index contributed by atoms with van der Waals surface area (Å²) in [5.41, 5.74) is 2.61. The van der Waals surface area contributed by atoms with Gasteiger partial charge in [0.15, 0.2) is 0 Å². The van der Waals surface area contributed by atoms with E-state index in [1.165, 1.54) is 30.8 Å². The van der Waals surface area contributed by atoms with E-state index in [2.05, 4.69) is 120 Å². The molecule has 2 nitrogen and oxygen atoms in total. The van der Waals surface area contributed by atoms with Crippen LogP contribution in [0.25, 0.3) is 16.3 Å². The molecule has 1 aliphatic rings. The predicted octanol–water partition coefficient (Wildman–Crippen LogP) is 8.48. The van der Waals surface area contributed by atoms with E-state index in [-0.39, 0.29) is 0 Å². The summed E-state index contributed by atoms with van der Waals surface area (Å²) in [7, 11) is 0. The van der Waals surface area contributed by atoms with Crippen LogP contribution in [0.15, 0.2) is 131 Å². The summed E-state index contributed by atoms with van der Waals surface area (Å²) in [6.07, 6.45) is 27.0. The Hall–Kier alpha value is -3.34. The highest BCUT2D eigenvalue weighted by molar-refractivity contribution is 8.03. The normalized spacial score (nSPS) is 15.7. The molecular formula is C31H31N2S2+. The van der Waals surface area contributed by atoms with Gasteiger partial charge in [-0.25, -0.2) is 0 Å². The molecule has 1 aliphatic heterocycles. The fourth-order valence-corrected chi connectivity index (χ4v) is 6.14. The molecule has 0 atom stereocenters. The van der Waals surface area contributed by atoms with E-state index in [1.807, 2.05) is 53.5 Å².